The van der Waals surface area contributed by atoms with Crippen LogP contribution in [-0.4, -0.2) is 42.2 Å². The van der Waals surface area contributed by atoms with Gasteiger partial charge in [-0.15, -0.1) is 0 Å². The van der Waals surface area contributed by atoms with Gasteiger partial charge in [0.05, 0.1) is 6.54 Å². The molecule has 2 rings (SSSR count). The van der Waals surface area contributed by atoms with E-state index < -0.39 is 5.97 Å². The number of hydrogen-bond acceptors (Lipinski definition) is 4. The van der Waals surface area contributed by atoms with Crippen molar-refractivity contribution in [1.29, 1.82) is 0 Å². The fourth-order valence-corrected chi connectivity index (χ4v) is 2.12. The minimum Gasteiger partial charge on any atom is -0.488 e. The maximum Gasteiger partial charge on any atom is 0.317 e. The number of rotatable bonds is 8. The second kappa shape index (κ2) is 8.57. The molecule has 0 radical (unpaired) electrons. The monoisotopic (exact) mass is 349 g/mol. The minimum absolute atomic E-state index is 0.0343. The molecule has 1 atom stereocenters. The first-order chi connectivity index (χ1) is 11.5. The Morgan fingerprint density at radius 1 is 1.17 bits per heavy atom. The average molecular weight is 350 g/mol. The molecule has 24 heavy (non-hydrogen) atoms. The van der Waals surface area contributed by atoms with E-state index in [-0.39, 0.29) is 12.6 Å². The van der Waals surface area contributed by atoms with E-state index in [0.29, 0.717) is 28.9 Å². The van der Waals surface area contributed by atoms with Crippen molar-refractivity contribution in [2.75, 3.05) is 20.2 Å². The van der Waals surface area contributed by atoms with E-state index in [1.807, 2.05) is 31.2 Å². The molecule has 0 amide bonds. The first-order valence-electron chi connectivity index (χ1n) is 7.53. The number of nitrogens with zero attached hydrogens (tertiary/aromatic N) is 1. The second-order valence-electron chi connectivity index (χ2n) is 5.47. The van der Waals surface area contributed by atoms with Crippen LogP contribution >= 0.6 is 11.6 Å². The summed E-state index contributed by atoms with van der Waals surface area (Å²) >= 11 is 5.87. The molecule has 0 fully saturated rings. The molecule has 2 aromatic rings. The molecule has 0 spiro atoms. The number of likely N-dealkylation sites (N-methyl/N-ethyl adjacent to an activating group) is 1. The predicted octanol–water partition coefficient (Wildman–Crippen LogP) is 3.92. The molecule has 0 saturated carbocycles. The smallest absolute Gasteiger partial charge is 0.317 e. The van der Waals surface area contributed by atoms with Crippen LogP contribution in [0.4, 0.5) is 0 Å². The van der Waals surface area contributed by atoms with Crippen LogP contribution in [0.15, 0.2) is 48.5 Å². The molecule has 6 heteroatoms. The Bertz CT molecular complexity index is 675. The fourth-order valence-electron chi connectivity index (χ4n) is 1.99. The SMILES string of the molecule is C[C@@H](COc1ccccc1Oc1ccc(Cl)cc1)N(C)CC(=O)O. The molecular formula is C18H20ClNO4. The summed E-state index contributed by atoms with van der Waals surface area (Å²) in [4.78, 5) is 12.5. The van der Waals surface area contributed by atoms with E-state index >= 15 is 0 Å². The number of carbonyl (C=O) groups is 1. The van der Waals surface area contributed by atoms with Gasteiger partial charge in [0.15, 0.2) is 11.5 Å². The molecule has 0 heterocycles. The number of ether oxygens (including phenoxy) is 2. The Kier molecular flexibility index (Phi) is 6.46. The van der Waals surface area contributed by atoms with Gasteiger partial charge in [0, 0.05) is 11.1 Å². The number of aliphatic carboxylic acids is 1. The molecule has 0 saturated heterocycles. The van der Waals surface area contributed by atoms with E-state index in [9.17, 15) is 4.79 Å². The average Bonchev–Trinajstić information content (AvgIpc) is 2.55. The van der Waals surface area contributed by atoms with Gasteiger partial charge >= 0.3 is 5.97 Å². The van der Waals surface area contributed by atoms with Crippen LogP contribution in [0.2, 0.25) is 5.02 Å². The summed E-state index contributed by atoms with van der Waals surface area (Å²) in [5.74, 6) is 0.984. The number of carboxylic acid groups (broad SMARTS) is 1. The Morgan fingerprint density at radius 2 is 1.79 bits per heavy atom. The van der Waals surface area contributed by atoms with E-state index in [4.69, 9.17) is 26.2 Å². The predicted molar refractivity (Wildman–Crippen MR) is 93.2 cm³/mol. The zero-order valence-corrected chi connectivity index (χ0v) is 14.4. The summed E-state index contributed by atoms with van der Waals surface area (Å²) in [6, 6.07) is 14.4. The maximum atomic E-state index is 10.8. The van der Waals surface area contributed by atoms with Gasteiger partial charge in [0.2, 0.25) is 0 Å². The molecule has 0 unspecified atom stereocenters. The number of para-hydroxylation sites is 2. The lowest BCUT2D eigenvalue weighted by molar-refractivity contribution is -0.138. The van der Waals surface area contributed by atoms with Crippen molar-refractivity contribution in [2.24, 2.45) is 0 Å². The quantitative estimate of drug-likeness (QED) is 0.782. The maximum absolute atomic E-state index is 10.8. The van der Waals surface area contributed by atoms with Gasteiger partial charge in [-0.2, -0.15) is 0 Å². The van der Waals surface area contributed by atoms with Crippen molar-refractivity contribution >= 4 is 17.6 Å². The Balaban J connectivity index is 2.00. The van der Waals surface area contributed by atoms with Crippen molar-refractivity contribution in [1.82, 2.24) is 4.90 Å². The van der Waals surface area contributed by atoms with Crippen LogP contribution in [0.25, 0.3) is 0 Å². The largest absolute Gasteiger partial charge is 0.488 e. The van der Waals surface area contributed by atoms with Crippen LogP contribution in [0.1, 0.15) is 6.92 Å². The molecule has 0 aliphatic rings. The lowest BCUT2D eigenvalue weighted by Gasteiger charge is -2.23. The Morgan fingerprint density at radius 3 is 2.42 bits per heavy atom. The third kappa shape index (κ3) is 5.44. The van der Waals surface area contributed by atoms with Gasteiger partial charge in [-0.3, -0.25) is 9.69 Å². The molecular weight excluding hydrogens is 330 g/mol. The van der Waals surface area contributed by atoms with Crippen LogP contribution in [-0.2, 0) is 4.79 Å². The van der Waals surface area contributed by atoms with E-state index in [1.54, 1.807) is 36.2 Å². The van der Waals surface area contributed by atoms with Gasteiger partial charge < -0.3 is 14.6 Å². The third-order valence-electron chi connectivity index (χ3n) is 3.51. The topological polar surface area (TPSA) is 59.0 Å². The number of benzene rings is 2. The number of halogens is 1. The summed E-state index contributed by atoms with van der Waals surface area (Å²) in [7, 11) is 1.75. The van der Waals surface area contributed by atoms with Gasteiger partial charge in [0.1, 0.15) is 12.4 Å². The fraction of sp³-hybridized carbons (Fsp3) is 0.278. The molecule has 0 aliphatic heterocycles. The zero-order valence-electron chi connectivity index (χ0n) is 13.6. The molecule has 128 valence electrons. The summed E-state index contributed by atoms with van der Waals surface area (Å²) in [5, 5.41) is 9.47. The summed E-state index contributed by atoms with van der Waals surface area (Å²) in [6.07, 6.45) is 0. The van der Waals surface area contributed by atoms with Crippen LogP contribution in [0.3, 0.4) is 0 Å². The minimum atomic E-state index is -0.865. The molecule has 2 aromatic carbocycles. The van der Waals surface area contributed by atoms with Crippen LogP contribution in [0, 0.1) is 0 Å². The third-order valence-corrected chi connectivity index (χ3v) is 3.76. The van der Waals surface area contributed by atoms with Gasteiger partial charge in [-0.1, -0.05) is 23.7 Å². The van der Waals surface area contributed by atoms with Crippen molar-refractivity contribution in [3.63, 3.8) is 0 Å². The molecule has 5 nitrogen and oxygen atoms in total. The van der Waals surface area contributed by atoms with E-state index in [2.05, 4.69) is 0 Å². The standard InChI is InChI=1S/C18H20ClNO4/c1-13(20(2)11-18(21)22)12-23-16-5-3-4-6-17(16)24-15-9-7-14(19)8-10-15/h3-10,13H,11-12H2,1-2H3,(H,21,22)/t13-/m0/s1. The van der Waals surface area contributed by atoms with Crippen molar-refractivity contribution in [2.45, 2.75) is 13.0 Å². The number of hydrogen-bond donors (Lipinski definition) is 1. The number of carboxylic acids is 1. The Labute approximate surface area is 146 Å². The summed E-state index contributed by atoms with van der Waals surface area (Å²) in [6.45, 7) is 2.23. The first kappa shape index (κ1) is 18.1. The van der Waals surface area contributed by atoms with Gasteiger partial charge in [-0.05, 0) is 50.4 Å². The van der Waals surface area contributed by atoms with E-state index in [1.165, 1.54) is 0 Å². The molecule has 1 N–H and O–H groups in total. The Hall–Kier alpha value is -2.24. The van der Waals surface area contributed by atoms with Gasteiger partial charge in [-0.25, -0.2) is 0 Å². The summed E-state index contributed by atoms with van der Waals surface area (Å²) < 4.78 is 11.6. The highest BCUT2D eigenvalue weighted by Crippen LogP contribution is 2.31. The highest BCUT2D eigenvalue weighted by Gasteiger charge is 2.14. The van der Waals surface area contributed by atoms with Crippen molar-refractivity contribution < 1.29 is 19.4 Å². The van der Waals surface area contributed by atoms with E-state index in [0.717, 1.165) is 0 Å². The normalized spacial score (nSPS) is 12.0. The summed E-state index contributed by atoms with van der Waals surface area (Å²) in [5.41, 5.74) is 0. The molecule has 0 aliphatic carbocycles. The van der Waals surface area contributed by atoms with Crippen molar-refractivity contribution in [3.8, 4) is 17.2 Å². The van der Waals surface area contributed by atoms with Gasteiger partial charge in [0.25, 0.3) is 0 Å². The van der Waals surface area contributed by atoms with Crippen LogP contribution < -0.4 is 9.47 Å². The van der Waals surface area contributed by atoms with Crippen LogP contribution in [0.5, 0.6) is 17.2 Å². The van der Waals surface area contributed by atoms with Crippen molar-refractivity contribution in [3.05, 3.63) is 53.6 Å². The first-order valence-corrected chi connectivity index (χ1v) is 7.91. The highest BCUT2D eigenvalue weighted by molar-refractivity contribution is 6.30. The lowest BCUT2D eigenvalue weighted by Crippen LogP contribution is -2.37. The second-order valence-corrected chi connectivity index (χ2v) is 5.91. The highest BCUT2D eigenvalue weighted by atomic mass is 35.5. The lowest BCUT2D eigenvalue weighted by atomic mass is 10.3. The molecule has 0 aromatic heterocycles. The molecule has 0 bridgehead atoms. The zero-order chi connectivity index (χ0) is 17.5.